The number of unbranched alkanes of at least 4 members (excludes halogenated alkanes) is 4. The molecule has 1 aromatic carbocycles. The molecule has 7 nitrogen and oxygen atoms in total. The minimum atomic E-state index is -1.10. The number of carboxylic acids is 1. The van der Waals surface area contributed by atoms with Gasteiger partial charge in [-0.15, -0.1) is 4.73 Å². The normalized spacial score (nSPS) is 10.7. The summed E-state index contributed by atoms with van der Waals surface area (Å²) >= 11 is 0. The zero-order chi connectivity index (χ0) is 19.8. The monoisotopic (exact) mass is 374 g/mol. The van der Waals surface area contributed by atoms with Crippen molar-refractivity contribution in [2.24, 2.45) is 0 Å². The molecule has 0 saturated carbocycles. The Balaban J connectivity index is 2.33. The fraction of sp³-hybridized carbons (Fsp3) is 0.400. The minimum absolute atomic E-state index is 0.0333. The smallest absolute Gasteiger partial charge is 0.322 e. The van der Waals surface area contributed by atoms with Crippen LogP contribution < -0.4 is 15.7 Å². The molecule has 0 unspecified atom stereocenters. The quantitative estimate of drug-likeness (QED) is 0.523. The lowest BCUT2D eigenvalue weighted by atomic mass is 10.1. The van der Waals surface area contributed by atoms with Crippen molar-refractivity contribution in [1.29, 1.82) is 0 Å². The number of aromatic nitrogens is 1. The fourth-order valence-electron chi connectivity index (χ4n) is 2.83. The highest BCUT2D eigenvalue weighted by molar-refractivity contribution is 5.90. The van der Waals surface area contributed by atoms with Crippen LogP contribution in [-0.4, -0.2) is 34.1 Å². The number of rotatable bonds is 11. The second-order valence-electron chi connectivity index (χ2n) is 6.31. The van der Waals surface area contributed by atoms with E-state index in [9.17, 15) is 14.7 Å². The second kappa shape index (κ2) is 9.66. The highest BCUT2D eigenvalue weighted by Gasteiger charge is 2.19. The van der Waals surface area contributed by atoms with Crippen LogP contribution in [0, 0.1) is 0 Å². The van der Waals surface area contributed by atoms with Gasteiger partial charge in [-0.25, -0.2) is 0 Å². The third kappa shape index (κ3) is 5.03. The van der Waals surface area contributed by atoms with E-state index in [0.29, 0.717) is 17.5 Å². The van der Waals surface area contributed by atoms with Gasteiger partial charge < -0.3 is 20.4 Å². The fourth-order valence-corrected chi connectivity index (χ4v) is 2.83. The van der Waals surface area contributed by atoms with Gasteiger partial charge in [0, 0.05) is 11.1 Å². The third-order valence-electron chi connectivity index (χ3n) is 4.24. The third-order valence-corrected chi connectivity index (χ3v) is 4.24. The van der Waals surface area contributed by atoms with Gasteiger partial charge in [-0.2, -0.15) is 0 Å². The summed E-state index contributed by atoms with van der Waals surface area (Å²) in [4.78, 5) is 29.4. The number of hydrogen-bond donors (Lipinski definition) is 3. The van der Waals surface area contributed by atoms with Crippen LogP contribution in [0.4, 0.5) is 0 Å². The van der Waals surface area contributed by atoms with Crippen molar-refractivity contribution in [3.63, 3.8) is 0 Å². The number of carboxylic acid groups (broad SMARTS) is 1. The lowest BCUT2D eigenvalue weighted by molar-refractivity contribution is -0.135. The van der Waals surface area contributed by atoms with Crippen molar-refractivity contribution in [3.05, 3.63) is 46.8 Å². The SMILES string of the molecule is C=C(NCC(=O)O)c1c(O)c2ccccc2n(OCCCCCCC)c1=O. The Kier molecular flexibility index (Phi) is 7.28. The number of hydrogen-bond acceptors (Lipinski definition) is 5. The molecule has 27 heavy (non-hydrogen) atoms. The first-order valence-electron chi connectivity index (χ1n) is 9.12. The molecular formula is C20H26N2O5. The Morgan fingerprint density at radius 3 is 2.63 bits per heavy atom. The number of fused-ring (bicyclic) bond motifs is 1. The van der Waals surface area contributed by atoms with E-state index in [2.05, 4.69) is 18.8 Å². The van der Waals surface area contributed by atoms with Gasteiger partial charge in [0.15, 0.2) is 0 Å². The summed E-state index contributed by atoms with van der Waals surface area (Å²) < 4.78 is 1.15. The molecule has 7 heteroatoms. The summed E-state index contributed by atoms with van der Waals surface area (Å²) in [5, 5.41) is 22.3. The van der Waals surface area contributed by atoms with Crippen molar-refractivity contribution in [2.45, 2.75) is 39.0 Å². The average Bonchev–Trinajstić information content (AvgIpc) is 2.65. The first-order valence-corrected chi connectivity index (χ1v) is 9.12. The highest BCUT2D eigenvalue weighted by Crippen LogP contribution is 2.28. The number of aliphatic carboxylic acids is 1. The largest absolute Gasteiger partial charge is 0.506 e. The van der Waals surface area contributed by atoms with E-state index in [4.69, 9.17) is 9.94 Å². The Bertz CT molecular complexity index is 873. The molecule has 0 aliphatic heterocycles. The van der Waals surface area contributed by atoms with Crippen molar-refractivity contribution in [1.82, 2.24) is 10.0 Å². The number of aromatic hydroxyl groups is 1. The predicted octanol–water partition coefficient (Wildman–Crippen LogP) is 2.75. The molecular weight excluding hydrogens is 348 g/mol. The number of pyridine rings is 1. The maximum absolute atomic E-state index is 12.9. The highest BCUT2D eigenvalue weighted by atomic mass is 16.7. The van der Waals surface area contributed by atoms with Crippen LogP contribution in [0.2, 0.25) is 0 Å². The zero-order valence-corrected chi connectivity index (χ0v) is 15.5. The molecule has 146 valence electrons. The number of nitrogens with zero attached hydrogens (tertiary/aromatic N) is 1. The van der Waals surface area contributed by atoms with Gasteiger partial charge in [-0.3, -0.25) is 9.59 Å². The zero-order valence-electron chi connectivity index (χ0n) is 15.5. The van der Waals surface area contributed by atoms with E-state index in [0.717, 1.165) is 30.4 Å². The van der Waals surface area contributed by atoms with Gasteiger partial charge in [0.05, 0.1) is 5.52 Å². The predicted molar refractivity (Wildman–Crippen MR) is 105 cm³/mol. The van der Waals surface area contributed by atoms with Crippen LogP contribution in [0.5, 0.6) is 5.75 Å². The molecule has 0 amide bonds. The van der Waals surface area contributed by atoms with Crippen molar-refractivity contribution in [2.75, 3.05) is 13.2 Å². The van der Waals surface area contributed by atoms with Crippen LogP contribution in [0.1, 0.15) is 44.6 Å². The van der Waals surface area contributed by atoms with Crippen LogP contribution >= 0.6 is 0 Å². The van der Waals surface area contributed by atoms with Crippen LogP contribution in [0.3, 0.4) is 0 Å². The molecule has 3 N–H and O–H groups in total. The van der Waals surface area contributed by atoms with E-state index >= 15 is 0 Å². The number of nitrogens with one attached hydrogen (secondary N) is 1. The minimum Gasteiger partial charge on any atom is -0.506 e. The lowest BCUT2D eigenvalue weighted by Crippen LogP contribution is -2.32. The van der Waals surface area contributed by atoms with Crippen molar-refractivity contribution in [3.8, 4) is 5.75 Å². The van der Waals surface area contributed by atoms with E-state index in [1.807, 2.05) is 0 Å². The molecule has 0 bridgehead atoms. The number of benzene rings is 1. The van der Waals surface area contributed by atoms with E-state index in [-0.39, 0.29) is 17.0 Å². The Morgan fingerprint density at radius 2 is 1.93 bits per heavy atom. The van der Waals surface area contributed by atoms with Gasteiger partial charge in [0.25, 0.3) is 5.56 Å². The molecule has 0 spiro atoms. The van der Waals surface area contributed by atoms with E-state index in [1.165, 1.54) is 6.42 Å². The maximum atomic E-state index is 12.9. The molecule has 2 rings (SSSR count). The Labute approximate surface area is 157 Å². The Morgan fingerprint density at radius 1 is 1.22 bits per heavy atom. The van der Waals surface area contributed by atoms with Crippen molar-refractivity contribution < 1.29 is 19.8 Å². The van der Waals surface area contributed by atoms with Gasteiger partial charge in [0.1, 0.15) is 24.5 Å². The van der Waals surface area contributed by atoms with Crippen LogP contribution in [0.25, 0.3) is 16.6 Å². The average molecular weight is 374 g/mol. The summed E-state index contributed by atoms with van der Waals surface area (Å²) in [5.41, 5.74) is -0.196. The summed E-state index contributed by atoms with van der Waals surface area (Å²) in [5.74, 6) is -1.35. The van der Waals surface area contributed by atoms with Gasteiger partial charge >= 0.3 is 5.97 Å². The van der Waals surface area contributed by atoms with Crippen LogP contribution in [0.15, 0.2) is 35.6 Å². The molecule has 2 aromatic rings. The molecule has 0 aliphatic rings. The number of carbonyl (C=O) groups is 1. The molecule has 1 heterocycles. The molecule has 0 atom stereocenters. The molecule has 0 aliphatic carbocycles. The Hall–Kier alpha value is -2.96. The summed E-state index contributed by atoms with van der Waals surface area (Å²) in [6.07, 6.45) is 5.26. The van der Waals surface area contributed by atoms with Gasteiger partial charge in [-0.1, -0.05) is 44.9 Å². The molecule has 1 aromatic heterocycles. The maximum Gasteiger partial charge on any atom is 0.322 e. The molecule has 0 fully saturated rings. The first-order chi connectivity index (χ1) is 13.0. The van der Waals surface area contributed by atoms with Gasteiger partial charge in [0.2, 0.25) is 0 Å². The topological polar surface area (TPSA) is 101 Å². The first kappa shape index (κ1) is 20.4. The van der Waals surface area contributed by atoms with Gasteiger partial charge in [-0.05, 0) is 25.0 Å². The number of para-hydroxylation sites is 1. The lowest BCUT2D eigenvalue weighted by Gasteiger charge is -2.17. The van der Waals surface area contributed by atoms with Crippen LogP contribution in [-0.2, 0) is 4.79 Å². The second-order valence-corrected chi connectivity index (χ2v) is 6.31. The summed E-state index contributed by atoms with van der Waals surface area (Å²) in [6.45, 7) is 5.79. The van der Waals surface area contributed by atoms with E-state index < -0.39 is 18.1 Å². The summed E-state index contributed by atoms with van der Waals surface area (Å²) in [7, 11) is 0. The van der Waals surface area contributed by atoms with E-state index in [1.54, 1.807) is 24.3 Å². The molecule has 0 saturated heterocycles. The molecule has 0 radical (unpaired) electrons. The standard InChI is InChI=1S/C20H26N2O5/c1-3-4-5-6-9-12-27-22-16-11-8-7-10-15(16)19(25)18(20(22)26)14(2)21-13-17(23)24/h7-8,10-11,21,25H,2-6,9,12-13H2,1H3,(H,23,24). The van der Waals surface area contributed by atoms with Crippen molar-refractivity contribution >= 4 is 22.6 Å². The summed E-state index contributed by atoms with van der Waals surface area (Å²) in [6, 6.07) is 6.84.